The number of nitrogens with zero attached hydrogens (tertiary/aromatic N) is 3. The number of aromatic nitrogens is 1. The minimum atomic E-state index is -0.0234. The number of hydrogen-bond acceptors (Lipinski definition) is 4. The van der Waals surface area contributed by atoms with Gasteiger partial charge in [0.2, 0.25) is 0 Å². The summed E-state index contributed by atoms with van der Waals surface area (Å²) in [6.45, 7) is 4.27. The van der Waals surface area contributed by atoms with Crippen molar-refractivity contribution in [3.63, 3.8) is 0 Å². The molecule has 24 heavy (non-hydrogen) atoms. The fourth-order valence-electron chi connectivity index (χ4n) is 2.90. The van der Waals surface area contributed by atoms with Crippen LogP contribution in [0.25, 0.3) is 0 Å². The quantitative estimate of drug-likeness (QED) is 0.774. The summed E-state index contributed by atoms with van der Waals surface area (Å²) in [5, 5.41) is 0.794. The van der Waals surface area contributed by atoms with E-state index in [1.54, 1.807) is 22.3 Å². The summed E-state index contributed by atoms with van der Waals surface area (Å²) in [5.41, 5.74) is 2.86. The number of hydrogen-bond donors (Lipinski definition) is 0. The molecule has 5 heteroatoms. The number of fused-ring (bicyclic) bond motifs is 1. The normalized spacial score (nSPS) is 13.2. The molecule has 0 N–H and O–H groups in total. The number of carbonyl (C=O) groups is 1. The van der Waals surface area contributed by atoms with Crippen LogP contribution in [0.15, 0.2) is 36.9 Å². The van der Waals surface area contributed by atoms with Gasteiger partial charge in [-0.1, -0.05) is 12.1 Å². The van der Waals surface area contributed by atoms with E-state index in [1.807, 2.05) is 43.3 Å². The van der Waals surface area contributed by atoms with Crippen LogP contribution >= 0.6 is 11.3 Å². The van der Waals surface area contributed by atoms with Gasteiger partial charge in [-0.05, 0) is 43.9 Å². The van der Waals surface area contributed by atoms with Gasteiger partial charge in [0.05, 0.1) is 5.69 Å². The number of carbonyl (C=O) groups excluding carboxylic acids is 1. The highest BCUT2D eigenvalue weighted by Gasteiger charge is 2.23. The molecule has 4 nitrogen and oxygen atoms in total. The summed E-state index contributed by atoms with van der Waals surface area (Å²) in [6.07, 6.45) is 6.27. The maximum atomic E-state index is 13.0. The van der Waals surface area contributed by atoms with E-state index in [2.05, 4.69) is 6.58 Å². The first-order chi connectivity index (χ1) is 11.6. The molecule has 0 bridgehead atoms. The number of anilines is 2. The predicted molar refractivity (Wildman–Crippen MR) is 101 cm³/mol. The number of thiazole rings is 1. The Labute approximate surface area is 147 Å². The lowest BCUT2D eigenvalue weighted by molar-refractivity contribution is 0.0989. The summed E-state index contributed by atoms with van der Waals surface area (Å²) >= 11 is 1.65. The Morgan fingerprint density at radius 2 is 2.12 bits per heavy atom. The molecule has 1 aromatic carbocycles. The first kappa shape index (κ1) is 16.7. The van der Waals surface area contributed by atoms with Crippen molar-refractivity contribution < 1.29 is 4.79 Å². The van der Waals surface area contributed by atoms with Crippen LogP contribution < -0.4 is 9.80 Å². The summed E-state index contributed by atoms with van der Waals surface area (Å²) in [4.78, 5) is 22.9. The number of amides is 1. The van der Waals surface area contributed by atoms with Gasteiger partial charge >= 0.3 is 0 Å². The van der Waals surface area contributed by atoms with Gasteiger partial charge in [0.25, 0.3) is 5.91 Å². The van der Waals surface area contributed by atoms with Crippen molar-refractivity contribution in [1.82, 2.24) is 4.98 Å². The van der Waals surface area contributed by atoms with Gasteiger partial charge in [-0.2, -0.15) is 0 Å². The molecule has 0 spiro atoms. The zero-order valence-corrected chi connectivity index (χ0v) is 15.1. The molecule has 0 saturated heterocycles. The van der Waals surface area contributed by atoms with Crippen LogP contribution in [0, 0.1) is 0 Å². The maximum Gasteiger partial charge on any atom is 0.260 e. The summed E-state index contributed by atoms with van der Waals surface area (Å²) < 4.78 is 0. The van der Waals surface area contributed by atoms with Crippen LogP contribution in [-0.2, 0) is 12.8 Å². The van der Waals surface area contributed by atoms with Gasteiger partial charge in [-0.25, -0.2) is 4.98 Å². The third-order valence-corrected chi connectivity index (χ3v) is 5.41. The molecule has 0 aliphatic heterocycles. The van der Waals surface area contributed by atoms with E-state index in [9.17, 15) is 4.79 Å². The molecule has 0 saturated carbocycles. The van der Waals surface area contributed by atoms with E-state index < -0.39 is 0 Å². The van der Waals surface area contributed by atoms with Crippen LogP contribution in [0.3, 0.4) is 0 Å². The van der Waals surface area contributed by atoms with Crippen molar-refractivity contribution in [3.05, 3.63) is 53.1 Å². The average Bonchev–Trinajstić information content (AvgIpc) is 3.03. The lowest BCUT2D eigenvalue weighted by Crippen LogP contribution is -2.31. The summed E-state index contributed by atoms with van der Waals surface area (Å²) in [5.74, 6) is -0.0234. The summed E-state index contributed by atoms with van der Waals surface area (Å²) in [7, 11) is 3.94. The highest BCUT2D eigenvalue weighted by Crippen LogP contribution is 2.32. The van der Waals surface area contributed by atoms with Crippen LogP contribution in [0.4, 0.5) is 10.8 Å². The van der Waals surface area contributed by atoms with Crippen LogP contribution in [0.1, 0.15) is 33.8 Å². The second-order valence-electron chi connectivity index (χ2n) is 6.22. The predicted octanol–water partition coefficient (Wildman–Crippen LogP) is 3.92. The Morgan fingerprint density at radius 3 is 2.83 bits per heavy atom. The zero-order chi connectivity index (χ0) is 17.1. The van der Waals surface area contributed by atoms with Crippen molar-refractivity contribution in [2.75, 3.05) is 30.4 Å². The molecule has 0 atom stereocenters. The first-order valence-electron chi connectivity index (χ1n) is 8.29. The topological polar surface area (TPSA) is 36.4 Å². The minimum absolute atomic E-state index is 0.0234. The molecule has 0 unspecified atom stereocenters. The molecule has 1 amide bonds. The van der Waals surface area contributed by atoms with Gasteiger partial charge in [0.1, 0.15) is 0 Å². The molecular weight excluding hydrogens is 318 g/mol. The van der Waals surface area contributed by atoms with Crippen LogP contribution in [0.5, 0.6) is 0 Å². The molecule has 1 aliphatic carbocycles. The second kappa shape index (κ2) is 7.18. The van der Waals surface area contributed by atoms with Crippen LogP contribution in [0.2, 0.25) is 0 Å². The fraction of sp³-hybridized carbons (Fsp3) is 0.368. The average molecular weight is 341 g/mol. The molecule has 3 rings (SSSR count). The van der Waals surface area contributed by atoms with Gasteiger partial charge < -0.3 is 4.90 Å². The molecular formula is C19H23N3OS. The van der Waals surface area contributed by atoms with E-state index in [0.29, 0.717) is 12.1 Å². The summed E-state index contributed by atoms with van der Waals surface area (Å²) in [6, 6.07) is 7.70. The van der Waals surface area contributed by atoms with E-state index in [1.165, 1.54) is 23.4 Å². The molecule has 1 heterocycles. The Balaban J connectivity index is 1.92. The van der Waals surface area contributed by atoms with Crippen molar-refractivity contribution in [2.24, 2.45) is 0 Å². The standard InChI is InChI=1S/C19H23N3OS/c1-4-12-22(19-20-16-10-5-6-11-17(16)24-19)18(23)14-8-7-9-15(13-14)21(2)3/h4,7-9,13H,1,5-6,10-12H2,2-3H3. The van der Waals surface area contributed by atoms with Gasteiger partial charge in [-0.3, -0.25) is 9.69 Å². The zero-order valence-electron chi connectivity index (χ0n) is 14.3. The largest absolute Gasteiger partial charge is 0.378 e. The lowest BCUT2D eigenvalue weighted by Gasteiger charge is -2.19. The smallest absolute Gasteiger partial charge is 0.260 e. The Kier molecular flexibility index (Phi) is 5.00. The SMILES string of the molecule is C=CCN(C(=O)c1cccc(N(C)C)c1)c1nc2c(s1)CCCC2. The second-order valence-corrected chi connectivity index (χ2v) is 7.28. The third kappa shape index (κ3) is 3.36. The molecule has 0 radical (unpaired) electrons. The van der Waals surface area contributed by atoms with E-state index in [4.69, 9.17) is 4.98 Å². The Hall–Kier alpha value is -2.14. The van der Waals surface area contributed by atoms with Crippen LogP contribution in [-0.4, -0.2) is 31.5 Å². The number of aryl methyl sites for hydroxylation is 2. The minimum Gasteiger partial charge on any atom is -0.378 e. The molecule has 0 fully saturated rings. The molecule has 1 aromatic heterocycles. The number of rotatable bonds is 5. The van der Waals surface area contributed by atoms with E-state index in [0.717, 1.165) is 23.7 Å². The monoisotopic (exact) mass is 341 g/mol. The van der Waals surface area contributed by atoms with Crippen molar-refractivity contribution >= 4 is 28.1 Å². The molecule has 2 aromatic rings. The van der Waals surface area contributed by atoms with Gasteiger partial charge in [0.15, 0.2) is 5.13 Å². The molecule has 1 aliphatic rings. The fourth-order valence-corrected chi connectivity index (χ4v) is 4.06. The van der Waals surface area contributed by atoms with Gasteiger partial charge in [-0.15, -0.1) is 17.9 Å². The number of benzene rings is 1. The maximum absolute atomic E-state index is 13.0. The Morgan fingerprint density at radius 1 is 1.33 bits per heavy atom. The van der Waals surface area contributed by atoms with Crippen molar-refractivity contribution in [3.8, 4) is 0 Å². The first-order valence-corrected chi connectivity index (χ1v) is 9.10. The van der Waals surface area contributed by atoms with E-state index in [-0.39, 0.29) is 5.91 Å². The van der Waals surface area contributed by atoms with Gasteiger partial charge in [0, 0.05) is 36.8 Å². The van der Waals surface area contributed by atoms with Crippen molar-refractivity contribution in [2.45, 2.75) is 25.7 Å². The lowest BCUT2D eigenvalue weighted by atomic mass is 10.0. The Bertz CT molecular complexity index is 727. The van der Waals surface area contributed by atoms with Crippen molar-refractivity contribution in [1.29, 1.82) is 0 Å². The van der Waals surface area contributed by atoms with E-state index >= 15 is 0 Å². The third-order valence-electron chi connectivity index (χ3n) is 4.23. The highest BCUT2D eigenvalue weighted by molar-refractivity contribution is 7.16. The highest BCUT2D eigenvalue weighted by atomic mass is 32.1. The molecule has 126 valence electrons.